The maximum atomic E-state index is 14.8. The van der Waals surface area contributed by atoms with E-state index in [1.807, 2.05) is 13.8 Å². The first-order chi connectivity index (χ1) is 17.2. The zero-order chi connectivity index (χ0) is 26.1. The SMILES string of the molecule is CC.CC[C@@H]1COCC12CCN(c1cnc(Sc3cccc4c3C(F)(F)CN4C(C)=O)c(N)n1)CC2. The predicted octanol–water partition coefficient (Wildman–Crippen LogP) is 5.34. The van der Waals surface area contributed by atoms with Crippen molar-refractivity contribution in [1.29, 1.82) is 0 Å². The first-order valence-electron chi connectivity index (χ1n) is 12.7. The summed E-state index contributed by atoms with van der Waals surface area (Å²) in [6.07, 6.45) is 4.89. The molecule has 1 atom stereocenters. The maximum Gasteiger partial charge on any atom is 0.293 e. The highest BCUT2D eigenvalue weighted by atomic mass is 32.2. The number of anilines is 3. The van der Waals surface area contributed by atoms with Gasteiger partial charge in [0.25, 0.3) is 5.92 Å². The van der Waals surface area contributed by atoms with Crippen molar-refractivity contribution in [2.45, 2.75) is 62.8 Å². The van der Waals surface area contributed by atoms with E-state index in [0.717, 1.165) is 62.2 Å². The average Bonchev–Trinajstić information content (AvgIpc) is 3.40. The molecule has 0 saturated carbocycles. The lowest BCUT2D eigenvalue weighted by Gasteiger charge is -2.42. The maximum absolute atomic E-state index is 14.8. The molecule has 1 aromatic carbocycles. The molecule has 0 bridgehead atoms. The molecule has 0 radical (unpaired) electrons. The molecule has 0 aliphatic carbocycles. The molecule has 10 heteroatoms. The van der Waals surface area contributed by atoms with Crippen LogP contribution in [-0.4, -0.2) is 48.7 Å². The fourth-order valence-electron chi connectivity index (χ4n) is 5.54. The third-order valence-corrected chi connectivity index (χ3v) is 8.57. The number of piperidine rings is 1. The first kappa shape index (κ1) is 26.6. The number of halogens is 2. The van der Waals surface area contributed by atoms with E-state index in [-0.39, 0.29) is 22.5 Å². The summed E-state index contributed by atoms with van der Waals surface area (Å²) in [5.74, 6) is -2.04. The van der Waals surface area contributed by atoms with E-state index in [2.05, 4.69) is 21.8 Å². The number of alkyl halides is 2. The monoisotopic (exact) mass is 519 g/mol. The topological polar surface area (TPSA) is 84.6 Å². The number of nitrogens with zero attached hydrogens (tertiary/aromatic N) is 4. The van der Waals surface area contributed by atoms with Crippen LogP contribution in [0.5, 0.6) is 0 Å². The summed E-state index contributed by atoms with van der Waals surface area (Å²) in [4.78, 5) is 24.5. The van der Waals surface area contributed by atoms with E-state index >= 15 is 0 Å². The Labute approximate surface area is 215 Å². The van der Waals surface area contributed by atoms with Crippen molar-refractivity contribution >= 4 is 35.0 Å². The lowest BCUT2D eigenvalue weighted by molar-refractivity contribution is -0.117. The zero-order valence-electron chi connectivity index (χ0n) is 21.4. The van der Waals surface area contributed by atoms with E-state index in [1.165, 1.54) is 6.92 Å². The lowest BCUT2D eigenvalue weighted by Crippen LogP contribution is -2.44. The molecule has 4 heterocycles. The molecule has 2 fully saturated rings. The Morgan fingerprint density at radius 3 is 2.64 bits per heavy atom. The van der Waals surface area contributed by atoms with Gasteiger partial charge < -0.3 is 20.3 Å². The molecule has 2 N–H and O–H groups in total. The van der Waals surface area contributed by atoms with Crippen LogP contribution in [0.3, 0.4) is 0 Å². The average molecular weight is 520 g/mol. The quantitative estimate of drug-likeness (QED) is 0.584. The van der Waals surface area contributed by atoms with Crippen molar-refractivity contribution in [2.24, 2.45) is 11.3 Å². The smallest absolute Gasteiger partial charge is 0.293 e. The number of carbonyl (C=O) groups is 1. The number of benzene rings is 1. The fourth-order valence-corrected chi connectivity index (χ4v) is 6.51. The van der Waals surface area contributed by atoms with Gasteiger partial charge in [-0.2, -0.15) is 8.78 Å². The molecule has 2 aromatic rings. The Morgan fingerprint density at radius 1 is 1.28 bits per heavy atom. The highest BCUT2D eigenvalue weighted by molar-refractivity contribution is 7.99. The van der Waals surface area contributed by atoms with Gasteiger partial charge >= 0.3 is 0 Å². The van der Waals surface area contributed by atoms with Crippen molar-refractivity contribution in [3.8, 4) is 0 Å². The van der Waals surface area contributed by atoms with Crippen LogP contribution in [0.25, 0.3) is 0 Å². The second kappa shape index (κ2) is 10.5. The number of nitrogen functional groups attached to an aromatic ring is 1. The van der Waals surface area contributed by atoms with Crippen LogP contribution < -0.4 is 15.5 Å². The molecule has 0 unspecified atom stereocenters. The molecule has 2 saturated heterocycles. The van der Waals surface area contributed by atoms with Gasteiger partial charge in [-0.15, -0.1) is 0 Å². The summed E-state index contributed by atoms with van der Waals surface area (Å²) in [7, 11) is 0. The normalized spacial score (nSPS) is 21.8. The Hall–Kier alpha value is -2.46. The van der Waals surface area contributed by atoms with Gasteiger partial charge in [-0.25, -0.2) is 9.97 Å². The van der Waals surface area contributed by atoms with Gasteiger partial charge in [0, 0.05) is 30.3 Å². The van der Waals surface area contributed by atoms with Crippen LogP contribution in [0.15, 0.2) is 34.3 Å². The van der Waals surface area contributed by atoms with Crippen LogP contribution in [-0.2, 0) is 15.5 Å². The van der Waals surface area contributed by atoms with Crippen molar-refractivity contribution in [2.75, 3.05) is 48.4 Å². The zero-order valence-corrected chi connectivity index (χ0v) is 22.2. The van der Waals surface area contributed by atoms with Crippen molar-refractivity contribution in [1.82, 2.24) is 9.97 Å². The fraction of sp³-hybridized carbons (Fsp3) is 0.577. The van der Waals surface area contributed by atoms with E-state index in [9.17, 15) is 13.6 Å². The largest absolute Gasteiger partial charge is 0.381 e. The van der Waals surface area contributed by atoms with Crippen LogP contribution in [0, 0.1) is 11.3 Å². The second-order valence-corrected chi connectivity index (χ2v) is 10.5. The number of aromatic nitrogens is 2. The van der Waals surface area contributed by atoms with E-state index < -0.39 is 18.4 Å². The molecule has 3 aliphatic rings. The summed E-state index contributed by atoms with van der Waals surface area (Å²) >= 11 is 1.06. The summed E-state index contributed by atoms with van der Waals surface area (Å²) < 4.78 is 35.4. The Morgan fingerprint density at radius 2 is 2.00 bits per heavy atom. The van der Waals surface area contributed by atoms with E-state index in [4.69, 9.17) is 10.5 Å². The molecule has 1 amide bonds. The molecular formula is C26H35F2N5O2S. The van der Waals surface area contributed by atoms with Gasteiger partial charge in [0.15, 0.2) is 5.82 Å². The number of hydrogen-bond acceptors (Lipinski definition) is 7. The molecule has 196 valence electrons. The van der Waals surface area contributed by atoms with Crippen molar-refractivity contribution in [3.63, 3.8) is 0 Å². The van der Waals surface area contributed by atoms with Crippen molar-refractivity contribution in [3.05, 3.63) is 30.0 Å². The van der Waals surface area contributed by atoms with Gasteiger partial charge in [0.05, 0.1) is 37.2 Å². The number of fused-ring (bicyclic) bond motifs is 1. The lowest BCUT2D eigenvalue weighted by atomic mass is 9.70. The minimum atomic E-state index is -3.14. The molecule has 1 aromatic heterocycles. The van der Waals surface area contributed by atoms with Gasteiger partial charge in [-0.3, -0.25) is 4.79 Å². The molecule has 3 aliphatic heterocycles. The standard InChI is InChI=1S/C24H29F2N5O2S.C2H6/c1-3-16-12-33-14-23(16)7-9-30(10-8-23)19-11-28-22(21(27)29-19)34-18-6-4-5-17-20(18)24(25,26)13-31(17)15(2)32;1-2/h4-6,11,16H,3,7-10,12-14H2,1-2H3,(H2,27,29);1-2H3/t16-;/m1./s1. The number of ether oxygens (including phenoxy) is 1. The van der Waals surface area contributed by atoms with Gasteiger partial charge in [0.1, 0.15) is 10.8 Å². The second-order valence-electron chi connectivity index (χ2n) is 9.45. The number of nitrogens with two attached hydrogens (primary N) is 1. The third-order valence-electron chi connectivity index (χ3n) is 7.51. The van der Waals surface area contributed by atoms with Gasteiger partial charge in [0.2, 0.25) is 5.91 Å². The summed E-state index contributed by atoms with van der Waals surface area (Å²) in [5, 5.41) is 0.373. The minimum Gasteiger partial charge on any atom is -0.381 e. The minimum absolute atomic E-state index is 0.161. The van der Waals surface area contributed by atoms with E-state index in [1.54, 1.807) is 24.4 Å². The third kappa shape index (κ3) is 4.77. The predicted molar refractivity (Wildman–Crippen MR) is 139 cm³/mol. The Kier molecular flexibility index (Phi) is 7.75. The number of hydrogen-bond donors (Lipinski definition) is 1. The summed E-state index contributed by atoms with van der Waals surface area (Å²) in [5.41, 5.74) is 6.56. The molecular weight excluding hydrogens is 484 g/mol. The molecule has 1 spiro atoms. The Bertz CT molecular complexity index is 1110. The van der Waals surface area contributed by atoms with Crippen molar-refractivity contribution < 1.29 is 18.3 Å². The van der Waals surface area contributed by atoms with Gasteiger partial charge in [-0.05, 0) is 30.9 Å². The summed E-state index contributed by atoms with van der Waals surface area (Å²) in [6, 6.07) is 4.81. The van der Waals surface area contributed by atoms with Gasteiger partial charge in [-0.1, -0.05) is 45.0 Å². The number of carbonyl (C=O) groups excluding carboxylic acids is 1. The molecule has 36 heavy (non-hydrogen) atoms. The van der Waals surface area contributed by atoms with Crippen LogP contribution in [0.1, 0.15) is 52.5 Å². The number of amides is 1. The number of rotatable bonds is 4. The first-order valence-corrected chi connectivity index (χ1v) is 13.5. The van der Waals surface area contributed by atoms with Crippen LogP contribution >= 0.6 is 11.8 Å². The summed E-state index contributed by atoms with van der Waals surface area (Å²) in [6.45, 7) is 10.3. The highest BCUT2D eigenvalue weighted by Crippen LogP contribution is 2.49. The van der Waals surface area contributed by atoms with Crippen LogP contribution in [0.2, 0.25) is 0 Å². The molecule has 7 nitrogen and oxygen atoms in total. The molecule has 5 rings (SSSR count). The van der Waals surface area contributed by atoms with E-state index in [0.29, 0.717) is 21.7 Å². The Balaban J connectivity index is 0.00000148. The highest BCUT2D eigenvalue weighted by Gasteiger charge is 2.47. The van der Waals surface area contributed by atoms with Crippen LogP contribution in [0.4, 0.5) is 26.1 Å².